The molecule has 2 rings (SSSR count). The summed E-state index contributed by atoms with van der Waals surface area (Å²) in [5.74, 6) is 0.712. The van der Waals surface area contributed by atoms with Crippen molar-refractivity contribution in [2.75, 3.05) is 32.7 Å². The third-order valence-corrected chi connectivity index (χ3v) is 4.84. The van der Waals surface area contributed by atoms with Gasteiger partial charge in [0.1, 0.15) is 0 Å². The van der Waals surface area contributed by atoms with Crippen LogP contribution in [0.5, 0.6) is 0 Å². The molecule has 0 aliphatic carbocycles. The first-order chi connectivity index (χ1) is 10.0. The van der Waals surface area contributed by atoms with Crippen LogP contribution in [0.4, 0.5) is 0 Å². The van der Waals surface area contributed by atoms with Crippen molar-refractivity contribution in [3.8, 4) is 0 Å². The molecule has 5 heteroatoms. The van der Waals surface area contributed by atoms with Gasteiger partial charge in [0.15, 0.2) is 0 Å². The maximum atomic E-state index is 12.3. The first kappa shape index (κ1) is 16.3. The van der Waals surface area contributed by atoms with E-state index in [0.717, 1.165) is 51.9 Å². The third kappa shape index (κ3) is 5.30. The Bertz CT molecular complexity index is 365. The van der Waals surface area contributed by atoms with E-state index in [4.69, 9.17) is 5.11 Å². The molecule has 2 fully saturated rings. The zero-order valence-corrected chi connectivity index (χ0v) is 13.1. The van der Waals surface area contributed by atoms with E-state index < -0.39 is 5.97 Å². The van der Waals surface area contributed by atoms with E-state index in [0.29, 0.717) is 18.4 Å². The molecule has 0 aromatic carbocycles. The number of likely N-dealkylation sites (tertiary alicyclic amines) is 2. The lowest BCUT2D eigenvalue weighted by molar-refractivity contribution is -0.137. The number of hydrogen-bond donors (Lipinski definition) is 1. The molecule has 120 valence electrons. The second-order valence-electron chi connectivity index (χ2n) is 6.74. The van der Waals surface area contributed by atoms with E-state index in [1.165, 1.54) is 6.42 Å². The van der Waals surface area contributed by atoms with Gasteiger partial charge in [-0.1, -0.05) is 6.92 Å². The monoisotopic (exact) mass is 296 g/mol. The van der Waals surface area contributed by atoms with Crippen molar-refractivity contribution in [1.82, 2.24) is 9.80 Å². The second-order valence-corrected chi connectivity index (χ2v) is 6.74. The van der Waals surface area contributed by atoms with E-state index in [2.05, 4.69) is 11.8 Å². The molecule has 0 radical (unpaired) electrons. The first-order valence-electron chi connectivity index (χ1n) is 8.26. The lowest BCUT2D eigenvalue weighted by atomic mass is 9.92. The highest BCUT2D eigenvalue weighted by Crippen LogP contribution is 2.22. The van der Waals surface area contributed by atoms with Crippen LogP contribution in [-0.2, 0) is 9.59 Å². The summed E-state index contributed by atoms with van der Waals surface area (Å²) in [7, 11) is 0. The third-order valence-electron chi connectivity index (χ3n) is 4.84. The molecule has 2 heterocycles. The average Bonchev–Trinajstić information content (AvgIpc) is 2.46. The van der Waals surface area contributed by atoms with Gasteiger partial charge in [-0.05, 0) is 57.0 Å². The predicted molar refractivity (Wildman–Crippen MR) is 81.0 cm³/mol. The molecule has 5 nitrogen and oxygen atoms in total. The van der Waals surface area contributed by atoms with Crippen LogP contribution in [0.2, 0.25) is 0 Å². The summed E-state index contributed by atoms with van der Waals surface area (Å²) >= 11 is 0. The maximum absolute atomic E-state index is 12.3. The van der Waals surface area contributed by atoms with Gasteiger partial charge in [0.2, 0.25) is 5.91 Å². The van der Waals surface area contributed by atoms with Gasteiger partial charge in [0.05, 0.1) is 6.54 Å². The Kier molecular flexibility index (Phi) is 6.03. The highest BCUT2D eigenvalue weighted by atomic mass is 16.4. The number of hydrogen-bond acceptors (Lipinski definition) is 3. The standard InChI is InChI=1S/C16H28N2O3/c1-13-3-2-8-18(11-13)15(19)12-17-9-6-14(7-10-17)4-5-16(20)21/h13-14H,2-12H2,1H3,(H,20,21). The highest BCUT2D eigenvalue weighted by Gasteiger charge is 2.25. The van der Waals surface area contributed by atoms with Crippen LogP contribution < -0.4 is 0 Å². The predicted octanol–water partition coefficient (Wildman–Crippen LogP) is 1.82. The lowest BCUT2D eigenvalue weighted by Gasteiger charge is -2.35. The average molecular weight is 296 g/mol. The van der Waals surface area contributed by atoms with Crippen molar-refractivity contribution >= 4 is 11.9 Å². The maximum Gasteiger partial charge on any atom is 0.303 e. The molecule has 2 aliphatic rings. The number of nitrogens with zero attached hydrogens (tertiary/aromatic N) is 2. The summed E-state index contributed by atoms with van der Waals surface area (Å²) < 4.78 is 0. The minimum Gasteiger partial charge on any atom is -0.481 e. The molecule has 2 saturated heterocycles. The Morgan fingerprint density at radius 1 is 1.14 bits per heavy atom. The van der Waals surface area contributed by atoms with Crippen LogP contribution in [0.15, 0.2) is 0 Å². The molecular formula is C16H28N2O3. The number of piperidine rings is 2. The number of carbonyl (C=O) groups is 2. The van der Waals surface area contributed by atoms with Crippen LogP contribution in [0.25, 0.3) is 0 Å². The largest absolute Gasteiger partial charge is 0.481 e. The Hall–Kier alpha value is -1.10. The van der Waals surface area contributed by atoms with E-state index in [-0.39, 0.29) is 12.3 Å². The summed E-state index contributed by atoms with van der Waals surface area (Å²) in [6.45, 7) is 6.44. The van der Waals surface area contributed by atoms with Crippen molar-refractivity contribution in [1.29, 1.82) is 0 Å². The molecule has 1 unspecified atom stereocenters. The SMILES string of the molecule is CC1CCCN(C(=O)CN2CCC(CCC(=O)O)CC2)C1. The zero-order valence-electron chi connectivity index (χ0n) is 13.1. The van der Waals surface area contributed by atoms with Crippen molar-refractivity contribution in [2.45, 2.75) is 45.4 Å². The first-order valence-corrected chi connectivity index (χ1v) is 8.26. The summed E-state index contributed by atoms with van der Waals surface area (Å²) in [6, 6.07) is 0. The molecular weight excluding hydrogens is 268 g/mol. The Balaban J connectivity index is 1.68. The molecule has 21 heavy (non-hydrogen) atoms. The summed E-state index contributed by atoms with van der Waals surface area (Å²) in [5, 5.41) is 8.72. The molecule has 1 N–H and O–H groups in total. The molecule has 1 atom stereocenters. The van der Waals surface area contributed by atoms with Crippen molar-refractivity contribution in [2.24, 2.45) is 11.8 Å². The number of carboxylic acid groups (broad SMARTS) is 1. The van der Waals surface area contributed by atoms with Crippen LogP contribution in [0.3, 0.4) is 0 Å². The topological polar surface area (TPSA) is 60.9 Å². The number of aliphatic carboxylic acids is 1. The Labute approximate surface area is 127 Å². The van der Waals surface area contributed by atoms with E-state index in [1.807, 2.05) is 4.90 Å². The summed E-state index contributed by atoms with van der Waals surface area (Å²) in [5.41, 5.74) is 0. The van der Waals surface area contributed by atoms with Gasteiger partial charge in [-0.3, -0.25) is 14.5 Å². The molecule has 0 bridgehead atoms. The quantitative estimate of drug-likeness (QED) is 0.840. The Morgan fingerprint density at radius 2 is 1.86 bits per heavy atom. The molecule has 0 saturated carbocycles. The fourth-order valence-corrected chi connectivity index (χ4v) is 3.47. The van der Waals surface area contributed by atoms with Gasteiger partial charge in [-0.25, -0.2) is 0 Å². The van der Waals surface area contributed by atoms with Gasteiger partial charge in [-0.15, -0.1) is 0 Å². The number of carbonyl (C=O) groups excluding carboxylic acids is 1. The molecule has 0 aromatic heterocycles. The number of rotatable bonds is 5. The molecule has 1 amide bonds. The van der Waals surface area contributed by atoms with E-state index in [9.17, 15) is 9.59 Å². The lowest BCUT2D eigenvalue weighted by Crippen LogP contribution is -2.46. The zero-order chi connectivity index (χ0) is 15.2. The van der Waals surface area contributed by atoms with Gasteiger partial charge < -0.3 is 10.0 Å². The molecule has 2 aliphatic heterocycles. The fraction of sp³-hybridized carbons (Fsp3) is 0.875. The summed E-state index contributed by atoms with van der Waals surface area (Å²) in [6.07, 6.45) is 5.47. The van der Waals surface area contributed by atoms with Crippen molar-refractivity contribution < 1.29 is 14.7 Å². The van der Waals surface area contributed by atoms with E-state index >= 15 is 0 Å². The van der Waals surface area contributed by atoms with Crippen LogP contribution >= 0.6 is 0 Å². The molecule has 0 spiro atoms. The van der Waals surface area contributed by atoms with Crippen molar-refractivity contribution in [3.05, 3.63) is 0 Å². The Morgan fingerprint density at radius 3 is 2.48 bits per heavy atom. The van der Waals surface area contributed by atoms with Crippen LogP contribution in [-0.4, -0.2) is 59.5 Å². The highest BCUT2D eigenvalue weighted by molar-refractivity contribution is 5.78. The second kappa shape index (κ2) is 7.78. The smallest absolute Gasteiger partial charge is 0.303 e. The normalized spacial score (nSPS) is 25.0. The summed E-state index contributed by atoms with van der Waals surface area (Å²) in [4.78, 5) is 27.2. The van der Waals surface area contributed by atoms with Crippen LogP contribution in [0, 0.1) is 11.8 Å². The molecule has 0 aromatic rings. The van der Waals surface area contributed by atoms with Gasteiger partial charge >= 0.3 is 5.97 Å². The minimum absolute atomic E-state index is 0.269. The number of carboxylic acids is 1. The van der Waals surface area contributed by atoms with E-state index in [1.54, 1.807) is 0 Å². The minimum atomic E-state index is -0.702. The number of amides is 1. The van der Waals surface area contributed by atoms with Gasteiger partial charge in [-0.2, -0.15) is 0 Å². The van der Waals surface area contributed by atoms with Crippen molar-refractivity contribution in [3.63, 3.8) is 0 Å². The van der Waals surface area contributed by atoms with Gasteiger partial charge in [0.25, 0.3) is 0 Å². The van der Waals surface area contributed by atoms with Gasteiger partial charge in [0, 0.05) is 19.5 Å². The van der Waals surface area contributed by atoms with Crippen LogP contribution in [0.1, 0.15) is 45.4 Å². The fourth-order valence-electron chi connectivity index (χ4n) is 3.47.